The molecule has 29 heavy (non-hydrogen) atoms. The molecule has 0 bridgehead atoms. The largest absolute Gasteiger partial charge is 0.487 e. The second-order valence-corrected chi connectivity index (χ2v) is 7.30. The lowest BCUT2D eigenvalue weighted by atomic mass is 10.0. The number of aryl methyl sites for hydroxylation is 1. The fourth-order valence-electron chi connectivity index (χ4n) is 3.00. The Balaban J connectivity index is 1.62. The van der Waals surface area contributed by atoms with Gasteiger partial charge in [0.1, 0.15) is 18.1 Å². The van der Waals surface area contributed by atoms with Crippen molar-refractivity contribution in [3.8, 4) is 11.5 Å². The first-order valence-electron chi connectivity index (χ1n) is 9.82. The summed E-state index contributed by atoms with van der Waals surface area (Å²) in [5, 5.41) is 2.89. The fraction of sp³-hybridized carbons (Fsp3) is 0.240. The number of carbonyl (C=O) groups excluding carboxylic acids is 1. The van der Waals surface area contributed by atoms with Crippen LogP contribution in [0, 0.1) is 6.92 Å². The van der Waals surface area contributed by atoms with Crippen molar-refractivity contribution in [2.75, 3.05) is 11.9 Å². The minimum atomic E-state index is -0.225. The number of ether oxygens (including phenoxy) is 2. The van der Waals surface area contributed by atoms with E-state index in [1.54, 1.807) is 0 Å². The van der Waals surface area contributed by atoms with E-state index < -0.39 is 0 Å². The minimum absolute atomic E-state index is 0.0593. The lowest BCUT2D eigenvalue weighted by Crippen LogP contribution is -2.21. The number of benzene rings is 3. The van der Waals surface area contributed by atoms with Crippen LogP contribution in [0.4, 0.5) is 5.69 Å². The van der Waals surface area contributed by atoms with Crippen molar-refractivity contribution in [3.05, 3.63) is 89.5 Å². The maximum absolute atomic E-state index is 12.5. The highest BCUT2D eigenvalue weighted by molar-refractivity contribution is 5.93. The summed E-state index contributed by atoms with van der Waals surface area (Å²) < 4.78 is 11.7. The molecule has 0 unspecified atom stereocenters. The van der Waals surface area contributed by atoms with E-state index in [9.17, 15) is 4.79 Å². The highest BCUT2D eigenvalue weighted by Crippen LogP contribution is 2.28. The van der Waals surface area contributed by atoms with Crippen molar-refractivity contribution in [2.24, 2.45) is 0 Å². The van der Waals surface area contributed by atoms with Crippen LogP contribution in [0.5, 0.6) is 11.5 Å². The molecule has 0 saturated carbocycles. The van der Waals surface area contributed by atoms with Gasteiger partial charge in [-0.3, -0.25) is 4.79 Å². The summed E-state index contributed by atoms with van der Waals surface area (Å²) in [5.41, 5.74) is 3.89. The van der Waals surface area contributed by atoms with Crippen LogP contribution in [0.25, 0.3) is 0 Å². The van der Waals surface area contributed by atoms with Crippen LogP contribution in [0.15, 0.2) is 72.8 Å². The number of anilines is 1. The monoisotopic (exact) mass is 389 g/mol. The third-order valence-electron chi connectivity index (χ3n) is 4.55. The van der Waals surface area contributed by atoms with Crippen molar-refractivity contribution < 1.29 is 14.3 Å². The molecule has 1 N–H and O–H groups in total. The summed E-state index contributed by atoms with van der Waals surface area (Å²) in [6.07, 6.45) is 0. The number of hydrogen-bond donors (Lipinski definition) is 1. The number of amides is 1. The van der Waals surface area contributed by atoms with E-state index in [0.717, 1.165) is 22.4 Å². The van der Waals surface area contributed by atoms with Gasteiger partial charge in [0.15, 0.2) is 6.61 Å². The van der Waals surface area contributed by atoms with Gasteiger partial charge in [-0.2, -0.15) is 0 Å². The van der Waals surface area contributed by atoms with Gasteiger partial charge in [-0.1, -0.05) is 68.4 Å². The molecular formula is C25H27NO3. The van der Waals surface area contributed by atoms with E-state index in [4.69, 9.17) is 9.47 Å². The fourth-order valence-corrected chi connectivity index (χ4v) is 3.00. The molecule has 0 fully saturated rings. The predicted molar refractivity (Wildman–Crippen MR) is 117 cm³/mol. The molecular weight excluding hydrogens is 362 g/mol. The number of rotatable bonds is 8. The Morgan fingerprint density at radius 3 is 2.38 bits per heavy atom. The molecule has 0 aliphatic rings. The molecule has 0 saturated heterocycles. The standard InChI is InChI=1S/C25H27NO3/c1-18(2)21-14-13-19(3)15-24(21)29-17-25(27)26-22-11-7-8-12-23(22)28-16-20-9-5-4-6-10-20/h4-15,18H,16-17H2,1-3H3,(H,26,27). The van der Waals surface area contributed by atoms with Crippen LogP contribution in [-0.2, 0) is 11.4 Å². The van der Waals surface area contributed by atoms with Gasteiger partial charge in [-0.25, -0.2) is 0 Å². The highest BCUT2D eigenvalue weighted by Gasteiger charge is 2.12. The first kappa shape index (κ1) is 20.5. The quantitative estimate of drug-likeness (QED) is 0.536. The Bertz CT molecular complexity index is 951. The minimum Gasteiger partial charge on any atom is -0.487 e. The zero-order chi connectivity index (χ0) is 20.6. The number of para-hydroxylation sites is 2. The Morgan fingerprint density at radius 2 is 1.62 bits per heavy atom. The van der Waals surface area contributed by atoms with Crippen molar-refractivity contribution in [3.63, 3.8) is 0 Å². The molecule has 3 aromatic rings. The van der Waals surface area contributed by atoms with Crippen LogP contribution in [0.1, 0.15) is 36.5 Å². The summed E-state index contributed by atoms with van der Waals surface area (Å²) in [4.78, 5) is 12.5. The maximum Gasteiger partial charge on any atom is 0.262 e. The second kappa shape index (κ2) is 9.78. The van der Waals surface area contributed by atoms with Gasteiger partial charge in [0.25, 0.3) is 5.91 Å². The molecule has 3 rings (SSSR count). The lowest BCUT2D eigenvalue weighted by Gasteiger charge is -2.16. The van der Waals surface area contributed by atoms with Crippen LogP contribution in [0.2, 0.25) is 0 Å². The first-order chi connectivity index (χ1) is 14.0. The molecule has 0 atom stereocenters. The van der Waals surface area contributed by atoms with Gasteiger partial charge >= 0.3 is 0 Å². The summed E-state index contributed by atoms with van der Waals surface area (Å²) >= 11 is 0. The normalized spacial score (nSPS) is 10.6. The smallest absolute Gasteiger partial charge is 0.262 e. The van der Waals surface area contributed by atoms with Crippen LogP contribution in [-0.4, -0.2) is 12.5 Å². The van der Waals surface area contributed by atoms with E-state index in [2.05, 4.69) is 31.3 Å². The van der Waals surface area contributed by atoms with Gasteiger partial charge in [-0.15, -0.1) is 0 Å². The third-order valence-corrected chi connectivity index (χ3v) is 4.55. The Labute approximate surface area is 172 Å². The Morgan fingerprint density at radius 1 is 0.897 bits per heavy atom. The number of hydrogen-bond acceptors (Lipinski definition) is 3. The van der Waals surface area contributed by atoms with Crippen molar-refractivity contribution in [2.45, 2.75) is 33.3 Å². The topological polar surface area (TPSA) is 47.6 Å². The molecule has 4 nitrogen and oxygen atoms in total. The highest BCUT2D eigenvalue weighted by atomic mass is 16.5. The third kappa shape index (κ3) is 5.85. The first-order valence-corrected chi connectivity index (χ1v) is 9.82. The average Bonchev–Trinajstić information content (AvgIpc) is 2.72. The molecule has 150 valence electrons. The SMILES string of the molecule is Cc1ccc(C(C)C)c(OCC(=O)Nc2ccccc2OCc2ccccc2)c1. The van der Waals surface area contributed by atoms with Crippen molar-refractivity contribution in [1.29, 1.82) is 0 Å². The Kier molecular flexibility index (Phi) is 6.90. The van der Waals surface area contributed by atoms with Crippen LogP contribution < -0.4 is 14.8 Å². The van der Waals surface area contributed by atoms with E-state index in [1.165, 1.54) is 0 Å². The van der Waals surface area contributed by atoms with E-state index in [1.807, 2.05) is 67.6 Å². The Hall–Kier alpha value is -3.27. The summed E-state index contributed by atoms with van der Waals surface area (Å²) in [6, 6.07) is 23.4. The molecule has 0 aliphatic carbocycles. The molecule has 0 aromatic heterocycles. The molecule has 4 heteroatoms. The number of nitrogens with one attached hydrogen (secondary N) is 1. The molecule has 0 radical (unpaired) electrons. The van der Waals surface area contributed by atoms with Crippen molar-refractivity contribution in [1.82, 2.24) is 0 Å². The van der Waals surface area contributed by atoms with E-state index in [-0.39, 0.29) is 12.5 Å². The molecule has 1 amide bonds. The van der Waals surface area contributed by atoms with Gasteiger partial charge in [0, 0.05) is 0 Å². The van der Waals surface area contributed by atoms with E-state index >= 15 is 0 Å². The van der Waals surface area contributed by atoms with E-state index in [0.29, 0.717) is 24.0 Å². The van der Waals surface area contributed by atoms with Gasteiger partial charge in [-0.05, 0) is 47.7 Å². The molecule has 0 aliphatic heterocycles. The van der Waals surface area contributed by atoms with Crippen LogP contribution >= 0.6 is 0 Å². The van der Waals surface area contributed by atoms with Gasteiger partial charge in [0.2, 0.25) is 0 Å². The summed E-state index contributed by atoms with van der Waals surface area (Å²) in [5.74, 6) is 1.48. The molecule has 3 aromatic carbocycles. The average molecular weight is 389 g/mol. The number of carbonyl (C=O) groups is 1. The predicted octanol–water partition coefficient (Wildman–Crippen LogP) is 5.71. The molecule has 0 heterocycles. The zero-order valence-corrected chi connectivity index (χ0v) is 17.1. The summed E-state index contributed by atoms with van der Waals surface area (Å²) in [7, 11) is 0. The van der Waals surface area contributed by atoms with Crippen molar-refractivity contribution >= 4 is 11.6 Å². The zero-order valence-electron chi connectivity index (χ0n) is 17.1. The maximum atomic E-state index is 12.5. The second-order valence-electron chi connectivity index (χ2n) is 7.30. The van der Waals surface area contributed by atoms with Gasteiger partial charge < -0.3 is 14.8 Å². The summed E-state index contributed by atoms with van der Waals surface area (Å²) in [6.45, 7) is 6.61. The lowest BCUT2D eigenvalue weighted by molar-refractivity contribution is -0.118. The van der Waals surface area contributed by atoms with Crippen LogP contribution in [0.3, 0.4) is 0 Å². The van der Waals surface area contributed by atoms with Gasteiger partial charge in [0.05, 0.1) is 5.69 Å². The molecule has 0 spiro atoms.